The van der Waals surface area contributed by atoms with Crippen LogP contribution in [0.25, 0.3) is 0 Å². The molecule has 0 unspecified atom stereocenters. The molecule has 0 fully saturated rings. The first-order chi connectivity index (χ1) is 11.9. The third kappa shape index (κ3) is 3.59. The van der Waals surface area contributed by atoms with Gasteiger partial charge < -0.3 is 5.32 Å². The molecule has 1 N–H and O–H groups in total. The van der Waals surface area contributed by atoms with E-state index in [4.69, 9.17) is 11.6 Å². The summed E-state index contributed by atoms with van der Waals surface area (Å²) in [6, 6.07) is 6.14. The molecular formula is C16H14BrClFN5O. The number of amides is 1. The number of rotatable bonds is 4. The van der Waals surface area contributed by atoms with E-state index in [1.54, 1.807) is 38.4 Å². The Bertz CT molecular complexity index is 932. The minimum absolute atomic E-state index is 0.163. The lowest BCUT2D eigenvalue weighted by molar-refractivity contribution is 0.101. The second-order valence-corrected chi connectivity index (χ2v) is 6.62. The van der Waals surface area contributed by atoms with Gasteiger partial charge in [-0.3, -0.25) is 14.2 Å². The van der Waals surface area contributed by atoms with Crippen molar-refractivity contribution >= 4 is 39.3 Å². The summed E-state index contributed by atoms with van der Waals surface area (Å²) >= 11 is 9.38. The molecule has 2 aromatic heterocycles. The highest BCUT2D eigenvalue weighted by atomic mass is 79.9. The summed E-state index contributed by atoms with van der Waals surface area (Å²) in [6.45, 7) is 1.96. The van der Waals surface area contributed by atoms with Crippen molar-refractivity contribution in [3.8, 4) is 0 Å². The Morgan fingerprint density at radius 2 is 2.12 bits per heavy atom. The smallest absolute Gasteiger partial charge is 0.276 e. The van der Waals surface area contributed by atoms with Gasteiger partial charge in [0.15, 0.2) is 5.82 Å². The lowest BCUT2D eigenvalue weighted by Gasteiger charge is -2.06. The highest BCUT2D eigenvalue weighted by Gasteiger charge is 2.19. The van der Waals surface area contributed by atoms with Crippen LogP contribution in [0.15, 0.2) is 34.9 Å². The molecule has 9 heteroatoms. The SMILES string of the molecule is Cc1nn(C)c(C(=O)Nc2ccn(Cc3c(F)cccc3Cl)n2)c1Br. The maximum atomic E-state index is 13.9. The average molecular weight is 427 g/mol. The first kappa shape index (κ1) is 17.6. The Labute approximate surface area is 156 Å². The summed E-state index contributed by atoms with van der Waals surface area (Å²) in [5.74, 6) is -0.393. The highest BCUT2D eigenvalue weighted by Crippen LogP contribution is 2.22. The maximum Gasteiger partial charge on any atom is 0.276 e. The van der Waals surface area contributed by atoms with E-state index in [0.29, 0.717) is 32.3 Å². The third-order valence-corrected chi connectivity index (χ3v) is 4.93. The quantitative estimate of drug-likeness (QED) is 0.690. The molecule has 3 rings (SSSR count). The molecule has 0 aliphatic carbocycles. The molecule has 3 aromatic rings. The van der Waals surface area contributed by atoms with Gasteiger partial charge in [0.05, 0.1) is 16.7 Å². The molecule has 130 valence electrons. The summed E-state index contributed by atoms with van der Waals surface area (Å²) in [5.41, 5.74) is 1.45. The van der Waals surface area contributed by atoms with Gasteiger partial charge in [-0.05, 0) is 35.0 Å². The first-order valence-corrected chi connectivity index (χ1v) is 8.50. The predicted molar refractivity (Wildman–Crippen MR) is 96.3 cm³/mol. The average Bonchev–Trinajstić information content (AvgIpc) is 3.08. The number of nitrogens with one attached hydrogen (secondary N) is 1. The number of hydrogen-bond acceptors (Lipinski definition) is 3. The van der Waals surface area contributed by atoms with Gasteiger partial charge in [-0.2, -0.15) is 10.2 Å². The first-order valence-electron chi connectivity index (χ1n) is 7.33. The Balaban J connectivity index is 1.77. The van der Waals surface area contributed by atoms with Gasteiger partial charge >= 0.3 is 0 Å². The number of anilines is 1. The number of nitrogens with zero attached hydrogens (tertiary/aromatic N) is 4. The molecule has 0 bridgehead atoms. The molecule has 0 radical (unpaired) electrons. The molecule has 0 saturated heterocycles. The van der Waals surface area contributed by atoms with E-state index in [2.05, 4.69) is 31.4 Å². The largest absolute Gasteiger partial charge is 0.304 e. The highest BCUT2D eigenvalue weighted by molar-refractivity contribution is 9.10. The van der Waals surface area contributed by atoms with Crippen molar-refractivity contribution in [1.29, 1.82) is 0 Å². The van der Waals surface area contributed by atoms with E-state index >= 15 is 0 Å². The van der Waals surface area contributed by atoms with Crippen LogP contribution in [-0.4, -0.2) is 25.5 Å². The number of aromatic nitrogens is 4. The zero-order valence-corrected chi connectivity index (χ0v) is 15.8. The van der Waals surface area contributed by atoms with Crippen molar-refractivity contribution in [3.05, 3.63) is 62.7 Å². The van der Waals surface area contributed by atoms with Gasteiger partial charge in [0, 0.05) is 29.9 Å². The van der Waals surface area contributed by atoms with Crippen LogP contribution in [0.4, 0.5) is 10.2 Å². The second-order valence-electron chi connectivity index (χ2n) is 5.42. The van der Waals surface area contributed by atoms with E-state index in [1.807, 2.05) is 0 Å². The van der Waals surface area contributed by atoms with E-state index in [1.165, 1.54) is 15.4 Å². The van der Waals surface area contributed by atoms with Crippen molar-refractivity contribution in [2.45, 2.75) is 13.5 Å². The van der Waals surface area contributed by atoms with Crippen LogP contribution in [0.3, 0.4) is 0 Å². The predicted octanol–water partition coefficient (Wildman–Crippen LogP) is 3.78. The number of aryl methyl sites for hydroxylation is 2. The molecule has 6 nitrogen and oxygen atoms in total. The Kier molecular flexibility index (Phi) is 4.91. The Morgan fingerprint density at radius 1 is 1.36 bits per heavy atom. The fourth-order valence-electron chi connectivity index (χ4n) is 2.42. The monoisotopic (exact) mass is 425 g/mol. The molecular weight excluding hydrogens is 413 g/mol. The number of carbonyl (C=O) groups excluding carboxylic acids is 1. The fourth-order valence-corrected chi connectivity index (χ4v) is 3.16. The van der Waals surface area contributed by atoms with Gasteiger partial charge in [0.25, 0.3) is 5.91 Å². The summed E-state index contributed by atoms with van der Waals surface area (Å²) in [7, 11) is 1.69. The minimum Gasteiger partial charge on any atom is -0.304 e. The van der Waals surface area contributed by atoms with E-state index < -0.39 is 5.82 Å². The molecule has 1 aromatic carbocycles. The van der Waals surface area contributed by atoms with Gasteiger partial charge in [0.2, 0.25) is 0 Å². The number of hydrogen-bond donors (Lipinski definition) is 1. The normalized spacial score (nSPS) is 10.9. The molecule has 0 aliphatic rings. The lowest BCUT2D eigenvalue weighted by atomic mass is 10.2. The van der Waals surface area contributed by atoms with Crippen LogP contribution in [0.2, 0.25) is 5.02 Å². The van der Waals surface area contributed by atoms with Gasteiger partial charge in [-0.15, -0.1) is 0 Å². The fraction of sp³-hybridized carbons (Fsp3) is 0.188. The Morgan fingerprint density at radius 3 is 2.76 bits per heavy atom. The van der Waals surface area contributed by atoms with Crippen LogP contribution in [0.1, 0.15) is 21.7 Å². The van der Waals surface area contributed by atoms with Crippen LogP contribution in [0.5, 0.6) is 0 Å². The van der Waals surface area contributed by atoms with E-state index in [9.17, 15) is 9.18 Å². The third-order valence-electron chi connectivity index (χ3n) is 3.63. The van der Waals surface area contributed by atoms with Crippen molar-refractivity contribution in [2.24, 2.45) is 7.05 Å². The van der Waals surface area contributed by atoms with Crippen molar-refractivity contribution in [2.75, 3.05) is 5.32 Å². The number of carbonyl (C=O) groups is 1. The zero-order valence-electron chi connectivity index (χ0n) is 13.4. The summed E-state index contributed by atoms with van der Waals surface area (Å²) in [4.78, 5) is 12.4. The molecule has 1 amide bonds. The van der Waals surface area contributed by atoms with Crippen LogP contribution in [-0.2, 0) is 13.6 Å². The second kappa shape index (κ2) is 6.97. The van der Waals surface area contributed by atoms with Crippen LogP contribution < -0.4 is 5.32 Å². The summed E-state index contributed by atoms with van der Waals surface area (Å²) < 4.78 is 17.5. The molecule has 2 heterocycles. The van der Waals surface area contributed by atoms with Gasteiger partial charge in [-0.1, -0.05) is 17.7 Å². The van der Waals surface area contributed by atoms with Crippen LogP contribution >= 0.6 is 27.5 Å². The minimum atomic E-state index is -0.400. The molecule has 0 atom stereocenters. The van der Waals surface area contributed by atoms with E-state index in [-0.39, 0.29) is 12.5 Å². The molecule has 0 spiro atoms. The van der Waals surface area contributed by atoms with Crippen LogP contribution in [0, 0.1) is 12.7 Å². The molecule has 0 aliphatic heterocycles. The van der Waals surface area contributed by atoms with E-state index in [0.717, 1.165) is 0 Å². The summed E-state index contributed by atoms with van der Waals surface area (Å²) in [5, 5.41) is 11.4. The topological polar surface area (TPSA) is 64.7 Å². The van der Waals surface area contributed by atoms with Gasteiger partial charge in [-0.25, -0.2) is 4.39 Å². The number of halogens is 3. The van der Waals surface area contributed by atoms with Crippen molar-refractivity contribution < 1.29 is 9.18 Å². The van der Waals surface area contributed by atoms with Gasteiger partial charge in [0.1, 0.15) is 11.5 Å². The number of benzene rings is 1. The van der Waals surface area contributed by atoms with Crippen molar-refractivity contribution in [3.63, 3.8) is 0 Å². The molecule has 0 saturated carbocycles. The lowest BCUT2D eigenvalue weighted by Crippen LogP contribution is -2.17. The zero-order chi connectivity index (χ0) is 18.1. The maximum absolute atomic E-state index is 13.9. The van der Waals surface area contributed by atoms with Crippen molar-refractivity contribution in [1.82, 2.24) is 19.6 Å². The Hall–Kier alpha value is -2.19. The molecule has 25 heavy (non-hydrogen) atoms. The summed E-state index contributed by atoms with van der Waals surface area (Å²) in [6.07, 6.45) is 1.64. The standard InChI is InChI=1S/C16H14BrClFN5O/c1-9-14(17)15(23(2)21-9)16(25)20-13-6-7-24(22-13)8-10-11(18)4-3-5-12(10)19/h3-7H,8H2,1-2H3,(H,20,22,25).